The Morgan fingerprint density at radius 3 is 2.74 bits per heavy atom. The third-order valence-corrected chi connectivity index (χ3v) is 5.70. The van der Waals surface area contributed by atoms with Gasteiger partial charge in [-0.15, -0.1) is 0 Å². The Bertz CT molecular complexity index is 840. The molecule has 1 aromatic heterocycles. The number of aromatic nitrogens is 2. The average Bonchev–Trinajstić information content (AvgIpc) is 2.97. The van der Waals surface area contributed by atoms with Crippen LogP contribution in [0, 0.1) is 26.7 Å². The fourth-order valence-electron chi connectivity index (χ4n) is 3.87. The van der Waals surface area contributed by atoms with Crippen LogP contribution in [-0.4, -0.2) is 39.9 Å². The molecule has 2 aromatic rings. The number of aryl methyl sites for hydroxylation is 3. The molecule has 27 heavy (non-hydrogen) atoms. The van der Waals surface area contributed by atoms with Gasteiger partial charge < -0.3 is 4.90 Å². The van der Waals surface area contributed by atoms with Gasteiger partial charge in [0.05, 0.1) is 5.69 Å². The summed E-state index contributed by atoms with van der Waals surface area (Å²) in [6.45, 7) is 7.06. The van der Waals surface area contributed by atoms with Gasteiger partial charge in [0.2, 0.25) is 5.91 Å². The van der Waals surface area contributed by atoms with Crippen molar-refractivity contribution in [3.63, 3.8) is 0 Å². The molecule has 1 fully saturated rings. The van der Waals surface area contributed by atoms with Crippen LogP contribution in [0.3, 0.4) is 0 Å². The first-order valence-electron chi connectivity index (χ1n) is 9.45. The molecule has 1 saturated heterocycles. The maximum absolute atomic E-state index is 12.9. The number of benzene rings is 1. The normalized spacial score (nSPS) is 17.2. The number of piperidine rings is 1. The van der Waals surface area contributed by atoms with Crippen molar-refractivity contribution < 1.29 is 9.59 Å². The van der Waals surface area contributed by atoms with Gasteiger partial charge in [0.1, 0.15) is 0 Å². The third-order valence-electron chi connectivity index (χ3n) is 5.47. The first-order valence-corrected chi connectivity index (χ1v) is 9.83. The molecular weight excluding hydrogens is 362 g/mol. The number of H-pyrrole nitrogens is 1. The van der Waals surface area contributed by atoms with Gasteiger partial charge in [-0.05, 0) is 69.4 Å². The van der Waals surface area contributed by atoms with Crippen LogP contribution >= 0.6 is 11.6 Å². The van der Waals surface area contributed by atoms with Gasteiger partial charge in [0, 0.05) is 41.7 Å². The van der Waals surface area contributed by atoms with E-state index < -0.39 is 0 Å². The molecule has 5 nitrogen and oxygen atoms in total. The zero-order chi connectivity index (χ0) is 19.6. The Kier molecular flexibility index (Phi) is 6.00. The quantitative estimate of drug-likeness (QED) is 0.787. The van der Waals surface area contributed by atoms with E-state index in [1.807, 2.05) is 31.7 Å². The molecule has 6 heteroatoms. The van der Waals surface area contributed by atoms with Crippen LogP contribution in [0.4, 0.5) is 0 Å². The highest BCUT2D eigenvalue weighted by atomic mass is 35.5. The predicted octanol–water partition coefficient (Wildman–Crippen LogP) is 4.04. The molecule has 0 bridgehead atoms. The molecule has 1 N–H and O–H groups in total. The lowest BCUT2D eigenvalue weighted by atomic mass is 9.88. The van der Waals surface area contributed by atoms with Crippen molar-refractivity contribution in [3.05, 3.63) is 51.3 Å². The van der Waals surface area contributed by atoms with Crippen molar-refractivity contribution in [3.8, 4) is 0 Å². The lowest BCUT2D eigenvalue weighted by Gasteiger charge is -2.32. The number of hydrogen-bond donors (Lipinski definition) is 1. The number of carbonyl (C=O) groups is 2. The number of hydrogen-bond acceptors (Lipinski definition) is 3. The molecule has 1 amide bonds. The highest BCUT2D eigenvalue weighted by molar-refractivity contribution is 6.30. The minimum absolute atomic E-state index is 0.111. The third kappa shape index (κ3) is 4.41. The number of aromatic amines is 1. The molecule has 0 spiro atoms. The minimum Gasteiger partial charge on any atom is -0.342 e. The number of likely N-dealkylation sites (tertiary alicyclic amines) is 1. The monoisotopic (exact) mass is 387 g/mol. The molecular formula is C21H26ClN3O2. The summed E-state index contributed by atoms with van der Waals surface area (Å²) in [5, 5.41) is 7.78. The molecule has 1 aliphatic heterocycles. The van der Waals surface area contributed by atoms with E-state index in [4.69, 9.17) is 11.6 Å². The van der Waals surface area contributed by atoms with Crippen LogP contribution in [0.5, 0.6) is 0 Å². The topological polar surface area (TPSA) is 66.1 Å². The summed E-state index contributed by atoms with van der Waals surface area (Å²) >= 11 is 6.00. The van der Waals surface area contributed by atoms with Crippen molar-refractivity contribution in [1.82, 2.24) is 15.1 Å². The molecule has 2 heterocycles. The van der Waals surface area contributed by atoms with Crippen molar-refractivity contribution in [2.24, 2.45) is 5.92 Å². The Labute approximate surface area is 165 Å². The number of nitrogens with zero attached hydrogens (tertiary/aromatic N) is 2. The van der Waals surface area contributed by atoms with Crippen molar-refractivity contribution >= 4 is 23.3 Å². The molecule has 0 radical (unpaired) electrons. The van der Waals surface area contributed by atoms with E-state index >= 15 is 0 Å². The number of carbonyl (C=O) groups excluding carboxylic acids is 2. The van der Waals surface area contributed by atoms with Crippen LogP contribution in [0.1, 0.15) is 52.1 Å². The minimum atomic E-state index is -0.139. The summed E-state index contributed by atoms with van der Waals surface area (Å²) in [7, 11) is 0. The zero-order valence-electron chi connectivity index (χ0n) is 16.1. The summed E-state index contributed by atoms with van der Waals surface area (Å²) in [6, 6.07) is 5.37. The van der Waals surface area contributed by atoms with Gasteiger partial charge in [-0.3, -0.25) is 14.7 Å². The highest BCUT2D eigenvalue weighted by Gasteiger charge is 2.29. The predicted molar refractivity (Wildman–Crippen MR) is 106 cm³/mol. The Morgan fingerprint density at radius 2 is 2.07 bits per heavy atom. The van der Waals surface area contributed by atoms with Gasteiger partial charge >= 0.3 is 0 Å². The van der Waals surface area contributed by atoms with Gasteiger partial charge in [0.15, 0.2) is 5.78 Å². The van der Waals surface area contributed by atoms with E-state index in [0.717, 1.165) is 41.9 Å². The maximum atomic E-state index is 12.9. The van der Waals surface area contributed by atoms with Crippen molar-refractivity contribution in [2.75, 3.05) is 13.1 Å². The summed E-state index contributed by atoms with van der Waals surface area (Å²) in [4.78, 5) is 27.5. The Balaban J connectivity index is 1.63. The lowest BCUT2D eigenvalue weighted by Crippen LogP contribution is -2.42. The van der Waals surface area contributed by atoms with Crippen LogP contribution in [0.15, 0.2) is 18.2 Å². The van der Waals surface area contributed by atoms with Gasteiger partial charge in [-0.2, -0.15) is 5.10 Å². The fraction of sp³-hybridized carbons (Fsp3) is 0.476. The molecule has 0 aliphatic carbocycles. The SMILES string of the molecule is Cc1cc(Cl)ccc1C(=O)[C@@H]1CCCN(C(=O)CCc2c(C)n[nH]c2C)C1. The first-order chi connectivity index (χ1) is 12.9. The number of halogens is 1. The van der Waals surface area contributed by atoms with Gasteiger partial charge in [-0.1, -0.05) is 11.6 Å². The number of ketones is 1. The van der Waals surface area contributed by atoms with E-state index in [1.54, 1.807) is 12.1 Å². The summed E-state index contributed by atoms with van der Waals surface area (Å²) < 4.78 is 0. The fourth-order valence-corrected chi connectivity index (χ4v) is 4.10. The van der Waals surface area contributed by atoms with Gasteiger partial charge in [0.25, 0.3) is 0 Å². The summed E-state index contributed by atoms with van der Waals surface area (Å²) in [5.41, 5.74) is 4.69. The summed E-state index contributed by atoms with van der Waals surface area (Å²) in [5.74, 6) is 0.0866. The van der Waals surface area contributed by atoms with Crippen LogP contribution in [0.25, 0.3) is 0 Å². The molecule has 0 saturated carbocycles. The lowest BCUT2D eigenvalue weighted by molar-refractivity contribution is -0.132. The summed E-state index contributed by atoms with van der Waals surface area (Å²) in [6.07, 6.45) is 2.81. The smallest absolute Gasteiger partial charge is 0.222 e. The average molecular weight is 388 g/mol. The second kappa shape index (κ2) is 8.26. The number of nitrogens with one attached hydrogen (secondary N) is 1. The molecule has 0 unspecified atom stereocenters. The molecule has 3 rings (SSSR count). The van der Waals surface area contributed by atoms with E-state index in [-0.39, 0.29) is 17.6 Å². The Morgan fingerprint density at radius 1 is 1.30 bits per heavy atom. The molecule has 144 valence electrons. The van der Waals surface area contributed by atoms with E-state index in [1.165, 1.54) is 0 Å². The molecule has 1 aromatic carbocycles. The standard InChI is InChI=1S/C21H26ClN3O2/c1-13-11-17(22)6-7-18(13)21(27)16-5-4-10-25(12-16)20(26)9-8-19-14(2)23-24-15(19)3/h6-7,11,16H,4-5,8-10,12H2,1-3H3,(H,23,24)/t16-/m1/s1. The Hall–Kier alpha value is -2.14. The van der Waals surface area contributed by atoms with Gasteiger partial charge in [-0.25, -0.2) is 0 Å². The van der Waals surface area contributed by atoms with Crippen LogP contribution in [-0.2, 0) is 11.2 Å². The zero-order valence-corrected chi connectivity index (χ0v) is 16.9. The second-order valence-corrected chi connectivity index (χ2v) is 7.85. The van der Waals surface area contributed by atoms with Crippen LogP contribution in [0.2, 0.25) is 5.02 Å². The van der Waals surface area contributed by atoms with E-state index in [9.17, 15) is 9.59 Å². The van der Waals surface area contributed by atoms with Crippen LogP contribution < -0.4 is 0 Å². The molecule has 1 aliphatic rings. The number of rotatable bonds is 5. The largest absolute Gasteiger partial charge is 0.342 e. The number of amides is 1. The van der Waals surface area contributed by atoms with E-state index in [0.29, 0.717) is 30.0 Å². The highest BCUT2D eigenvalue weighted by Crippen LogP contribution is 2.25. The van der Waals surface area contributed by atoms with Crippen molar-refractivity contribution in [1.29, 1.82) is 0 Å². The number of Topliss-reactive ketones (excluding diaryl/α,β-unsaturated/α-hetero) is 1. The van der Waals surface area contributed by atoms with E-state index in [2.05, 4.69) is 10.2 Å². The first kappa shape index (κ1) is 19.6. The maximum Gasteiger partial charge on any atom is 0.222 e. The second-order valence-electron chi connectivity index (χ2n) is 7.41. The molecule has 1 atom stereocenters. The van der Waals surface area contributed by atoms with Crippen molar-refractivity contribution in [2.45, 2.75) is 46.5 Å².